The fraction of sp³-hybridized carbons (Fsp3) is 0.333. The lowest BCUT2D eigenvalue weighted by Gasteiger charge is -2.27. The predicted molar refractivity (Wildman–Crippen MR) is 111 cm³/mol. The second-order valence-electron chi connectivity index (χ2n) is 7.09. The number of carbonyl (C=O) groups is 2. The van der Waals surface area contributed by atoms with Gasteiger partial charge in [-0.2, -0.15) is 0 Å². The number of carbonyl (C=O) groups excluding carboxylic acids is 2. The van der Waals surface area contributed by atoms with Crippen molar-refractivity contribution < 1.29 is 9.59 Å². The molecule has 1 saturated heterocycles. The summed E-state index contributed by atoms with van der Waals surface area (Å²) in [7, 11) is 0. The summed E-state index contributed by atoms with van der Waals surface area (Å²) in [5.74, 6) is 0.655. The standard InChI is InChI=1S/C21H22N4O2S/c1-14-12-22-19(28-14)11-15-6-8-25(9-7-15)20(27)5-2-16-10-17-3-4-18(26)24-21(17)23-13-16/h2,5,10-13H,3-4,6-9H2,1H3,(H,23,24,26). The number of amides is 2. The highest BCUT2D eigenvalue weighted by atomic mass is 32.1. The first-order valence-electron chi connectivity index (χ1n) is 9.44. The van der Waals surface area contributed by atoms with E-state index in [-0.39, 0.29) is 11.8 Å². The number of nitrogens with zero attached hydrogens (tertiary/aromatic N) is 3. The van der Waals surface area contributed by atoms with Gasteiger partial charge in [-0.3, -0.25) is 9.59 Å². The Morgan fingerprint density at radius 1 is 1.18 bits per heavy atom. The fourth-order valence-electron chi connectivity index (χ4n) is 3.41. The number of hydrogen-bond acceptors (Lipinski definition) is 5. The van der Waals surface area contributed by atoms with E-state index in [4.69, 9.17) is 0 Å². The lowest BCUT2D eigenvalue weighted by molar-refractivity contribution is -0.126. The summed E-state index contributed by atoms with van der Waals surface area (Å²) in [6, 6.07) is 1.98. The first kappa shape index (κ1) is 18.6. The average molecular weight is 395 g/mol. The van der Waals surface area contributed by atoms with Crippen molar-refractivity contribution in [1.29, 1.82) is 0 Å². The van der Waals surface area contributed by atoms with E-state index in [0.717, 1.165) is 42.1 Å². The molecule has 2 aromatic heterocycles. The van der Waals surface area contributed by atoms with E-state index in [1.165, 1.54) is 10.5 Å². The molecule has 1 fully saturated rings. The maximum absolute atomic E-state index is 12.5. The van der Waals surface area contributed by atoms with Crippen LogP contribution in [0.15, 0.2) is 30.1 Å². The summed E-state index contributed by atoms with van der Waals surface area (Å²) >= 11 is 1.70. The van der Waals surface area contributed by atoms with Gasteiger partial charge in [-0.05, 0) is 55.5 Å². The van der Waals surface area contributed by atoms with E-state index in [9.17, 15) is 9.59 Å². The Kier molecular flexibility index (Phi) is 5.34. The molecule has 0 unspecified atom stereocenters. The minimum Gasteiger partial charge on any atom is -0.339 e. The minimum absolute atomic E-state index is 0.00183. The molecule has 0 radical (unpaired) electrons. The molecule has 1 N–H and O–H groups in total. The number of likely N-dealkylation sites (tertiary alicyclic amines) is 1. The molecule has 4 rings (SSSR count). The zero-order valence-corrected chi connectivity index (χ0v) is 16.6. The van der Waals surface area contributed by atoms with Gasteiger partial charge in [-0.25, -0.2) is 9.97 Å². The van der Waals surface area contributed by atoms with E-state index in [0.29, 0.717) is 18.7 Å². The third-order valence-electron chi connectivity index (χ3n) is 4.97. The highest BCUT2D eigenvalue weighted by Crippen LogP contribution is 2.23. The second-order valence-corrected chi connectivity index (χ2v) is 8.36. The van der Waals surface area contributed by atoms with Crippen molar-refractivity contribution in [1.82, 2.24) is 14.9 Å². The van der Waals surface area contributed by atoms with Crippen LogP contribution in [0, 0.1) is 6.92 Å². The van der Waals surface area contributed by atoms with Crippen LogP contribution in [0.3, 0.4) is 0 Å². The monoisotopic (exact) mass is 394 g/mol. The summed E-state index contributed by atoms with van der Waals surface area (Å²) in [6.07, 6.45) is 12.1. The molecule has 2 aliphatic rings. The molecule has 2 amide bonds. The third kappa shape index (κ3) is 4.36. The molecule has 0 spiro atoms. The Morgan fingerprint density at radius 3 is 2.75 bits per heavy atom. The highest BCUT2D eigenvalue weighted by molar-refractivity contribution is 7.12. The van der Waals surface area contributed by atoms with Crippen LogP contribution >= 0.6 is 11.3 Å². The summed E-state index contributed by atoms with van der Waals surface area (Å²) in [4.78, 5) is 35.7. The van der Waals surface area contributed by atoms with E-state index >= 15 is 0 Å². The summed E-state index contributed by atoms with van der Waals surface area (Å²) in [5.41, 5.74) is 3.24. The van der Waals surface area contributed by atoms with Gasteiger partial charge >= 0.3 is 0 Å². The van der Waals surface area contributed by atoms with Crippen molar-refractivity contribution >= 4 is 41.1 Å². The molecule has 0 saturated carbocycles. The molecular formula is C21H22N4O2S. The molecule has 144 valence electrons. The zero-order valence-electron chi connectivity index (χ0n) is 15.8. The van der Waals surface area contributed by atoms with Crippen LogP contribution in [0.25, 0.3) is 12.2 Å². The Bertz CT molecular complexity index is 967. The topological polar surface area (TPSA) is 75.2 Å². The quantitative estimate of drug-likeness (QED) is 0.809. The van der Waals surface area contributed by atoms with Crippen molar-refractivity contribution in [3.63, 3.8) is 0 Å². The van der Waals surface area contributed by atoms with E-state index in [2.05, 4.69) is 28.3 Å². The minimum atomic E-state index is 0.00183. The van der Waals surface area contributed by atoms with Crippen molar-refractivity contribution in [3.8, 4) is 0 Å². The van der Waals surface area contributed by atoms with E-state index in [1.54, 1.807) is 29.7 Å². The molecule has 7 heteroatoms. The summed E-state index contributed by atoms with van der Waals surface area (Å²) in [6.45, 7) is 3.52. The van der Waals surface area contributed by atoms with Crippen LogP contribution in [-0.4, -0.2) is 39.8 Å². The van der Waals surface area contributed by atoms with Gasteiger partial charge in [0, 0.05) is 42.9 Å². The van der Waals surface area contributed by atoms with Gasteiger partial charge in [0.05, 0.1) is 0 Å². The lowest BCUT2D eigenvalue weighted by Crippen LogP contribution is -2.35. The highest BCUT2D eigenvalue weighted by Gasteiger charge is 2.18. The van der Waals surface area contributed by atoms with Crippen LogP contribution in [0.1, 0.15) is 40.3 Å². The Balaban J connectivity index is 1.34. The maximum atomic E-state index is 12.5. The molecule has 4 heterocycles. The molecule has 2 aromatic rings. The lowest BCUT2D eigenvalue weighted by atomic mass is 10.0. The van der Waals surface area contributed by atoms with Crippen molar-refractivity contribution in [2.45, 2.75) is 32.6 Å². The van der Waals surface area contributed by atoms with Crippen LogP contribution < -0.4 is 5.32 Å². The van der Waals surface area contributed by atoms with Crippen molar-refractivity contribution in [3.05, 3.63) is 51.1 Å². The molecule has 0 atom stereocenters. The number of fused-ring (bicyclic) bond motifs is 1. The average Bonchev–Trinajstić information content (AvgIpc) is 3.11. The van der Waals surface area contributed by atoms with Crippen LogP contribution in [0.5, 0.6) is 0 Å². The molecule has 28 heavy (non-hydrogen) atoms. The number of rotatable bonds is 3. The molecule has 0 bridgehead atoms. The van der Waals surface area contributed by atoms with Gasteiger partial charge in [0.1, 0.15) is 10.8 Å². The molecule has 0 aromatic carbocycles. The zero-order chi connectivity index (χ0) is 19.5. The maximum Gasteiger partial charge on any atom is 0.246 e. The molecule has 0 aliphatic carbocycles. The van der Waals surface area contributed by atoms with E-state index < -0.39 is 0 Å². The number of aryl methyl sites for hydroxylation is 2. The SMILES string of the molecule is Cc1cnc(C=C2CCN(C(=O)C=Cc3cnc4c(c3)CCC(=O)N4)CC2)s1. The van der Waals surface area contributed by atoms with Crippen LogP contribution in [0.2, 0.25) is 0 Å². The number of anilines is 1. The largest absolute Gasteiger partial charge is 0.339 e. The Morgan fingerprint density at radius 2 is 2.00 bits per heavy atom. The molecule has 6 nitrogen and oxygen atoms in total. The Labute approximate surface area is 168 Å². The van der Waals surface area contributed by atoms with Gasteiger partial charge in [-0.15, -0.1) is 11.3 Å². The van der Waals surface area contributed by atoms with E-state index in [1.807, 2.05) is 17.2 Å². The normalized spacial score (nSPS) is 16.8. The number of piperidine rings is 1. The number of thiazole rings is 1. The number of nitrogens with one attached hydrogen (secondary N) is 1. The van der Waals surface area contributed by atoms with Crippen LogP contribution in [0.4, 0.5) is 5.82 Å². The first-order chi connectivity index (χ1) is 13.6. The van der Waals surface area contributed by atoms with Gasteiger partial charge in [0.2, 0.25) is 11.8 Å². The van der Waals surface area contributed by atoms with Gasteiger partial charge in [0.15, 0.2) is 0 Å². The van der Waals surface area contributed by atoms with Gasteiger partial charge in [-0.1, -0.05) is 5.57 Å². The molecule has 2 aliphatic heterocycles. The smallest absolute Gasteiger partial charge is 0.246 e. The van der Waals surface area contributed by atoms with Crippen molar-refractivity contribution in [2.24, 2.45) is 0 Å². The summed E-state index contributed by atoms with van der Waals surface area (Å²) in [5, 5.41) is 3.81. The second kappa shape index (κ2) is 8.06. The van der Waals surface area contributed by atoms with Crippen molar-refractivity contribution in [2.75, 3.05) is 18.4 Å². The Hall–Kier alpha value is -2.80. The number of hydrogen-bond donors (Lipinski definition) is 1. The number of pyridine rings is 1. The predicted octanol–water partition coefficient (Wildman–Crippen LogP) is 3.45. The third-order valence-corrected chi connectivity index (χ3v) is 5.83. The number of aromatic nitrogens is 2. The van der Waals surface area contributed by atoms with Crippen LogP contribution in [-0.2, 0) is 16.0 Å². The van der Waals surface area contributed by atoms with Gasteiger partial charge in [0.25, 0.3) is 0 Å². The summed E-state index contributed by atoms with van der Waals surface area (Å²) < 4.78 is 0. The fourth-order valence-corrected chi connectivity index (χ4v) is 4.18. The first-order valence-corrected chi connectivity index (χ1v) is 10.3. The molecular weight excluding hydrogens is 372 g/mol. The van der Waals surface area contributed by atoms with Gasteiger partial charge < -0.3 is 10.2 Å².